The molecule has 28 heavy (non-hydrogen) atoms. The minimum atomic E-state index is -0.267. The molecule has 140 valence electrons. The summed E-state index contributed by atoms with van der Waals surface area (Å²) in [7, 11) is 3.09. The predicted molar refractivity (Wildman–Crippen MR) is 109 cm³/mol. The van der Waals surface area contributed by atoms with Crippen molar-refractivity contribution in [3.8, 4) is 22.8 Å². The van der Waals surface area contributed by atoms with Crippen LogP contribution in [0.3, 0.4) is 0 Å². The van der Waals surface area contributed by atoms with Crippen molar-refractivity contribution in [1.82, 2.24) is 9.97 Å². The van der Waals surface area contributed by atoms with E-state index >= 15 is 0 Å². The van der Waals surface area contributed by atoms with Gasteiger partial charge in [-0.15, -0.1) is 0 Å². The van der Waals surface area contributed by atoms with E-state index in [-0.39, 0.29) is 5.91 Å². The zero-order valence-corrected chi connectivity index (χ0v) is 15.5. The number of carbonyl (C=O) groups excluding carboxylic acids is 1. The molecule has 2 heterocycles. The maximum Gasteiger partial charge on any atom is 0.255 e. The molecule has 0 aliphatic heterocycles. The first-order chi connectivity index (χ1) is 13.7. The third-order valence-corrected chi connectivity index (χ3v) is 4.43. The van der Waals surface area contributed by atoms with Gasteiger partial charge in [0.1, 0.15) is 17.1 Å². The van der Waals surface area contributed by atoms with Crippen LogP contribution in [0.2, 0.25) is 0 Å². The molecular weight excluding hydrogens is 354 g/mol. The molecule has 2 aromatic carbocycles. The molecule has 0 saturated carbocycles. The van der Waals surface area contributed by atoms with Crippen LogP contribution in [-0.4, -0.2) is 30.1 Å². The van der Waals surface area contributed by atoms with E-state index in [2.05, 4.69) is 15.3 Å². The molecule has 1 amide bonds. The van der Waals surface area contributed by atoms with Gasteiger partial charge in [-0.1, -0.05) is 30.3 Å². The number of amides is 1. The number of aromatic amines is 1. The van der Waals surface area contributed by atoms with E-state index in [4.69, 9.17) is 9.47 Å². The lowest BCUT2D eigenvalue weighted by atomic mass is 10.1. The number of nitrogens with zero attached hydrogens (tertiary/aromatic N) is 1. The van der Waals surface area contributed by atoms with E-state index < -0.39 is 0 Å². The molecule has 0 atom stereocenters. The van der Waals surface area contributed by atoms with E-state index in [9.17, 15) is 4.79 Å². The van der Waals surface area contributed by atoms with E-state index in [1.165, 1.54) is 0 Å². The minimum absolute atomic E-state index is 0.267. The summed E-state index contributed by atoms with van der Waals surface area (Å²) < 4.78 is 10.4. The van der Waals surface area contributed by atoms with Crippen LogP contribution >= 0.6 is 0 Å². The fourth-order valence-corrected chi connectivity index (χ4v) is 3.00. The van der Waals surface area contributed by atoms with Crippen molar-refractivity contribution in [2.45, 2.75) is 0 Å². The fraction of sp³-hybridized carbons (Fsp3) is 0.0909. The Morgan fingerprint density at radius 1 is 0.964 bits per heavy atom. The van der Waals surface area contributed by atoms with Crippen LogP contribution in [0.5, 0.6) is 11.5 Å². The summed E-state index contributed by atoms with van der Waals surface area (Å²) in [6.45, 7) is 0. The van der Waals surface area contributed by atoms with E-state index in [1.807, 2.05) is 42.5 Å². The molecule has 0 aliphatic rings. The Labute approximate surface area is 162 Å². The second-order valence-corrected chi connectivity index (χ2v) is 6.27. The molecule has 6 heteroatoms. The number of fused-ring (bicyclic) bond motifs is 1. The zero-order chi connectivity index (χ0) is 19.5. The summed E-state index contributed by atoms with van der Waals surface area (Å²) in [5.74, 6) is 0.838. The van der Waals surface area contributed by atoms with Gasteiger partial charge in [-0.05, 0) is 29.8 Å². The summed E-state index contributed by atoms with van der Waals surface area (Å²) in [5.41, 5.74) is 3.87. The SMILES string of the molecule is COc1cc(OC)cc(C(=O)Nc2cnc3[nH]c(-c4ccccc4)cc3c2)c1. The fourth-order valence-electron chi connectivity index (χ4n) is 3.00. The molecular formula is C22H19N3O3. The third kappa shape index (κ3) is 3.53. The van der Waals surface area contributed by atoms with Crippen molar-refractivity contribution in [3.05, 3.63) is 72.4 Å². The Morgan fingerprint density at radius 2 is 1.68 bits per heavy atom. The summed E-state index contributed by atoms with van der Waals surface area (Å²) in [4.78, 5) is 20.4. The lowest BCUT2D eigenvalue weighted by Gasteiger charge is -2.09. The van der Waals surface area contributed by atoms with Crippen molar-refractivity contribution in [3.63, 3.8) is 0 Å². The van der Waals surface area contributed by atoms with Gasteiger partial charge in [0.25, 0.3) is 5.91 Å². The Kier molecular flexibility index (Phi) is 4.68. The van der Waals surface area contributed by atoms with Gasteiger partial charge >= 0.3 is 0 Å². The van der Waals surface area contributed by atoms with Crippen LogP contribution in [0.15, 0.2) is 66.9 Å². The molecule has 0 unspecified atom stereocenters. The molecule has 0 fully saturated rings. The van der Waals surface area contributed by atoms with Crippen LogP contribution in [0.4, 0.5) is 5.69 Å². The molecule has 4 aromatic rings. The largest absolute Gasteiger partial charge is 0.497 e. The van der Waals surface area contributed by atoms with Gasteiger partial charge in [-0.3, -0.25) is 4.79 Å². The van der Waals surface area contributed by atoms with Crippen molar-refractivity contribution < 1.29 is 14.3 Å². The maximum atomic E-state index is 12.7. The first kappa shape index (κ1) is 17.6. The lowest BCUT2D eigenvalue weighted by Crippen LogP contribution is -2.12. The molecule has 6 nitrogen and oxygen atoms in total. The van der Waals surface area contributed by atoms with Gasteiger partial charge in [0.2, 0.25) is 0 Å². The van der Waals surface area contributed by atoms with Crippen LogP contribution < -0.4 is 14.8 Å². The Hall–Kier alpha value is -3.80. The average Bonchev–Trinajstić information content (AvgIpc) is 3.17. The quantitative estimate of drug-likeness (QED) is 0.540. The number of hydrogen-bond donors (Lipinski definition) is 2. The number of methoxy groups -OCH3 is 2. The first-order valence-electron chi connectivity index (χ1n) is 8.75. The van der Waals surface area contributed by atoms with E-state index in [0.29, 0.717) is 22.7 Å². The Morgan fingerprint density at radius 3 is 2.36 bits per heavy atom. The predicted octanol–water partition coefficient (Wildman–Crippen LogP) is 4.50. The van der Waals surface area contributed by atoms with E-state index in [0.717, 1.165) is 22.3 Å². The second-order valence-electron chi connectivity index (χ2n) is 6.27. The number of aromatic nitrogens is 2. The molecule has 0 saturated heterocycles. The molecule has 2 N–H and O–H groups in total. The summed E-state index contributed by atoms with van der Waals surface area (Å²) in [6, 6.07) is 19.0. The highest BCUT2D eigenvalue weighted by atomic mass is 16.5. The van der Waals surface area contributed by atoms with Crippen LogP contribution in [0.25, 0.3) is 22.3 Å². The monoisotopic (exact) mass is 373 g/mol. The van der Waals surface area contributed by atoms with E-state index in [1.54, 1.807) is 38.6 Å². The normalized spacial score (nSPS) is 10.6. The second kappa shape index (κ2) is 7.44. The minimum Gasteiger partial charge on any atom is -0.497 e. The smallest absolute Gasteiger partial charge is 0.255 e. The van der Waals surface area contributed by atoms with Crippen molar-refractivity contribution >= 4 is 22.6 Å². The molecule has 4 rings (SSSR count). The van der Waals surface area contributed by atoms with Crippen molar-refractivity contribution in [2.75, 3.05) is 19.5 Å². The Balaban J connectivity index is 1.60. The number of pyridine rings is 1. The van der Waals surface area contributed by atoms with Gasteiger partial charge in [-0.2, -0.15) is 0 Å². The standard InChI is InChI=1S/C22H19N3O3/c1-27-18-9-16(10-19(12-18)28-2)22(26)24-17-8-15-11-20(25-21(15)23-13-17)14-6-4-3-5-7-14/h3-13H,1-2H3,(H,23,25)(H,24,26). The highest BCUT2D eigenvalue weighted by Gasteiger charge is 2.12. The average molecular weight is 373 g/mol. The molecule has 0 aliphatic carbocycles. The van der Waals surface area contributed by atoms with Gasteiger partial charge in [0.05, 0.1) is 26.1 Å². The molecule has 2 aromatic heterocycles. The van der Waals surface area contributed by atoms with Gasteiger partial charge < -0.3 is 19.8 Å². The number of benzene rings is 2. The number of carbonyl (C=O) groups is 1. The summed E-state index contributed by atoms with van der Waals surface area (Å²) in [5, 5.41) is 3.79. The van der Waals surface area contributed by atoms with Crippen LogP contribution in [-0.2, 0) is 0 Å². The lowest BCUT2D eigenvalue weighted by molar-refractivity contribution is 0.102. The number of H-pyrrole nitrogens is 1. The van der Waals surface area contributed by atoms with Gasteiger partial charge in [0, 0.05) is 22.7 Å². The number of anilines is 1. The number of ether oxygens (including phenoxy) is 2. The number of rotatable bonds is 5. The highest BCUT2D eigenvalue weighted by molar-refractivity contribution is 6.05. The summed E-state index contributed by atoms with van der Waals surface area (Å²) in [6.07, 6.45) is 1.63. The molecule has 0 bridgehead atoms. The van der Waals surface area contributed by atoms with Crippen molar-refractivity contribution in [1.29, 1.82) is 0 Å². The van der Waals surface area contributed by atoms with Gasteiger partial charge in [-0.25, -0.2) is 4.98 Å². The topological polar surface area (TPSA) is 76.2 Å². The molecule has 0 spiro atoms. The number of hydrogen-bond acceptors (Lipinski definition) is 4. The third-order valence-electron chi connectivity index (χ3n) is 4.43. The molecule has 0 radical (unpaired) electrons. The van der Waals surface area contributed by atoms with Crippen LogP contribution in [0.1, 0.15) is 10.4 Å². The first-order valence-corrected chi connectivity index (χ1v) is 8.75. The number of nitrogens with one attached hydrogen (secondary N) is 2. The van der Waals surface area contributed by atoms with Crippen molar-refractivity contribution in [2.24, 2.45) is 0 Å². The van der Waals surface area contributed by atoms with Gasteiger partial charge in [0.15, 0.2) is 0 Å². The summed E-state index contributed by atoms with van der Waals surface area (Å²) >= 11 is 0. The zero-order valence-electron chi connectivity index (χ0n) is 15.5. The Bertz CT molecular complexity index is 1110. The highest BCUT2D eigenvalue weighted by Crippen LogP contribution is 2.26. The maximum absolute atomic E-state index is 12.7. The van der Waals surface area contributed by atoms with Crippen LogP contribution in [0, 0.1) is 0 Å².